The number of rotatable bonds is 6. The molecule has 1 aromatic heterocycles. The predicted octanol–water partition coefficient (Wildman–Crippen LogP) is 2.52. The van der Waals surface area contributed by atoms with Gasteiger partial charge in [0.05, 0.1) is 12.5 Å². The summed E-state index contributed by atoms with van der Waals surface area (Å²) in [5.41, 5.74) is 1.92. The van der Waals surface area contributed by atoms with E-state index in [1.54, 1.807) is 24.7 Å². The first-order chi connectivity index (χ1) is 9.34. The van der Waals surface area contributed by atoms with E-state index in [0.29, 0.717) is 13.1 Å². The topological polar surface area (TPSA) is 54.3 Å². The zero-order valence-electron chi connectivity index (χ0n) is 10.5. The monoisotopic (exact) mass is 256 g/mol. The van der Waals surface area contributed by atoms with Crippen LogP contribution in [0.25, 0.3) is 6.08 Å². The first kappa shape index (κ1) is 13.0. The van der Waals surface area contributed by atoms with Gasteiger partial charge in [0.15, 0.2) is 0 Å². The molecule has 19 heavy (non-hydrogen) atoms. The summed E-state index contributed by atoms with van der Waals surface area (Å²) in [6.07, 6.45) is 6.36. The Morgan fingerprint density at radius 2 is 2.00 bits per heavy atom. The third-order valence-corrected chi connectivity index (χ3v) is 2.50. The van der Waals surface area contributed by atoms with Crippen LogP contribution in [0.15, 0.2) is 59.4 Å². The summed E-state index contributed by atoms with van der Waals surface area (Å²) in [7, 11) is 0. The van der Waals surface area contributed by atoms with Crippen molar-refractivity contribution in [2.45, 2.75) is 0 Å². The summed E-state index contributed by atoms with van der Waals surface area (Å²) < 4.78 is 4.90. The fourth-order valence-electron chi connectivity index (χ4n) is 1.55. The highest BCUT2D eigenvalue weighted by Crippen LogP contribution is 2.03. The molecule has 0 unspecified atom stereocenters. The molecule has 0 saturated heterocycles. The van der Waals surface area contributed by atoms with Gasteiger partial charge < -0.3 is 15.1 Å². The molecule has 2 rings (SSSR count). The van der Waals surface area contributed by atoms with Gasteiger partial charge in [0.25, 0.3) is 0 Å². The van der Waals surface area contributed by atoms with Crippen LogP contribution < -0.4 is 10.6 Å². The zero-order valence-corrected chi connectivity index (χ0v) is 10.5. The molecule has 4 heteroatoms. The lowest BCUT2D eigenvalue weighted by molar-refractivity contribution is -0.116. The van der Waals surface area contributed by atoms with Crippen molar-refractivity contribution in [2.24, 2.45) is 0 Å². The van der Waals surface area contributed by atoms with Crippen LogP contribution in [0.5, 0.6) is 0 Å². The van der Waals surface area contributed by atoms with Gasteiger partial charge in [-0.05, 0) is 24.3 Å². The lowest BCUT2D eigenvalue weighted by atomic mass is 10.3. The summed E-state index contributed by atoms with van der Waals surface area (Å²) in [4.78, 5) is 11.5. The molecule has 0 aliphatic rings. The lowest BCUT2D eigenvalue weighted by Gasteiger charge is -2.06. The maximum atomic E-state index is 11.5. The zero-order chi connectivity index (χ0) is 13.3. The van der Waals surface area contributed by atoms with Gasteiger partial charge in [-0.2, -0.15) is 0 Å². The average Bonchev–Trinajstić information content (AvgIpc) is 2.96. The van der Waals surface area contributed by atoms with Gasteiger partial charge in [0, 0.05) is 30.4 Å². The van der Waals surface area contributed by atoms with E-state index in [0.717, 1.165) is 11.3 Å². The van der Waals surface area contributed by atoms with Crippen molar-refractivity contribution in [1.29, 1.82) is 0 Å². The Morgan fingerprint density at radius 3 is 2.74 bits per heavy atom. The number of carbonyl (C=O) groups is 1. The highest BCUT2D eigenvalue weighted by atomic mass is 16.3. The Bertz CT molecular complexity index is 518. The second kappa shape index (κ2) is 7.06. The molecule has 0 bridgehead atoms. The van der Waals surface area contributed by atoms with Crippen LogP contribution in [0.2, 0.25) is 0 Å². The van der Waals surface area contributed by atoms with Gasteiger partial charge in [0.2, 0.25) is 5.91 Å². The summed E-state index contributed by atoms with van der Waals surface area (Å²) in [5.74, 6) is -0.115. The van der Waals surface area contributed by atoms with Gasteiger partial charge in [0.1, 0.15) is 0 Å². The molecule has 4 nitrogen and oxygen atoms in total. The highest BCUT2D eigenvalue weighted by Gasteiger charge is 1.95. The van der Waals surface area contributed by atoms with Crippen molar-refractivity contribution < 1.29 is 9.21 Å². The Balaban J connectivity index is 1.64. The first-order valence-electron chi connectivity index (χ1n) is 6.11. The molecular weight excluding hydrogens is 240 g/mol. The normalized spacial score (nSPS) is 10.5. The fraction of sp³-hybridized carbons (Fsp3) is 0.133. The average molecular weight is 256 g/mol. The van der Waals surface area contributed by atoms with Crippen LogP contribution in [0.1, 0.15) is 5.56 Å². The molecule has 1 amide bonds. The molecule has 0 atom stereocenters. The van der Waals surface area contributed by atoms with Gasteiger partial charge in [-0.25, -0.2) is 0 Å². The van der Waals surface area contributed by atoms with E-state index in [2.05, 4.69) is 10.6 Å². The number of benzene rings is 1. The molecule has 0 saturated carbocycles. The quantitative estimate of drug-likeness (QED) is 0.617. The number of hydrogen-bond donors (Lipinski definition) is 2. The molecule has 0 fully saturated rings. The van der Waals surface area contributed by atoms with Crippen LogP contribution in [-0.4, -0.2) is 19.0 Å². The number of amides is 1. The fourth-order valence-corrected chi connectivity index (χ4v) is 1.55. The van der Waals surface area contributed by atoms with Crippen molar-refractivity contribution in [2.75, 3.05) is 18.4 Å². The number of furan rings is 1. The van der Waals surface area contributed by atoms with Crippen LogP contribution >= 0.6 is 0 Å². The number of carbonyl (C=O) groups excluding carboxylic acids is 1. The van der Waals surface area contributed by atoms with Crippen molar-refractivity contribution in [3.8, 4) is 0 Å². The smallest absolute Gasteiger partial charge is 0.244 e. The number of para-hydroxylation sites is 1. The second-order valence-electron chi connectivity index (χ2n) is 3.97. The van der Waals surface area contributed by atoms with Crippen LogP contribution in [0.4, 0.5) is 5.69 Å². The number of anilines is 1. The van der Waals surface area contributed by atoms with Crippen molar-refractivity contribution in [3.05, 3.63) is 60.6 Å². The minimum absolute atomic E-state index is 0.115. The van der Waals surface area contributed by atoms with Gasteiger partial charge in [-0.3, -0.25) is 4.79 Å². The Labute approximate surface area is 112 Å². The van der Waals surface area contributed by atoms with E-state index >= 15 is 0 Å². The van der Waals surface area contributed by atoms with E-state index in [1.807, 2.05) is 30.3 Å². The predicted molar refractivity (Wildman–Crippen MR) is 75.7 cm³/mol. The van der Waals surface area contributed by atoms with Crippen LogP contribution in [-0.2, 0) is 4.79 Å². The standard InChI is InChI=1S/C15H16N2O2/c18-15(7-6-13-8-11-19-12-13)17-10-9-16-14-4-2-1-3-5-14/h1-8,11-12,16H,9-10H2,(H,17,18)/b7-6+. The SMILES string of the molecule is O=C(/C=C/c1ccoc1)NCCNc1ccccc1. The third-order valence-electron chi connectivity index (χ3n) is 2.50. The first-order valence-corrected chi connectivity index (χ1v) is 6.11. The van der Waals surface area contributed by atoms with E-state index in [-0.39, 0.29) is 5.91 Å². The van der Waals surface area contributed by atoms with E-state index in [9.17, 15) is 4.79 Å². The molecule has 1 aromatic carbocycles. The summed E-state index contributed by atoms with van der Waals surface area (Å²) in [6.45, 7) is 1.26. The summed E-state index contributed by atoms with van der Waals surface area (Å²) in [5, 5.41) is 6.01. The molecule has 2 aromatic rings. The minimum atomic E-state index is -0.115. The van der Waals surface area contributed by atoms with Crippen molar-refractivity contribution >= 4 is 17.7 Å². The highest BCUT2D eigenvalue weighted by molar-refractivity contribution is 5.91. The lowest BCUT2D eigenvalue weighted by Crippen LogP contribution is -2.27. The summed E-state index contributed by atoms with van der Waals surface area (Å²) >= 11 is 0. The van der Waals surface area contributed by atoms with Gasteiger partial charge in [-0.15, -0.1) is 0 Å². The van der Waals surface area contributed by atoms with E-state index < -0.39 is 0 Å². The molecule has 0 aliphatic heterocycles. The molecular formula is C15H16N2O2. The Hall–Kier alpha value is -2.49. The molecule has 0 radical (unpaired) electrons. The van der Waals surface area contributed by atoms with Crippen LogP contribution in [0.3, 0.4) is 0 Å². The minimum Gasteiger partial charge on any atom is -0.472 e. The largest absolute Gasteiger partial charge is 0.472 e. The number of hydrogen-bond acceptors (Lipinski definition) is 3. The van der Waals surface area contributed by atoms with Crippen molar-refractivity contribution in [3.63, 3.8) is 0 Å². The number of nitrogens with one attached hydrogen (secondary N) is 2. The maximum absolute atomic E-state index is 11.5. The molecule has 0 spiro atoms. The van der Waals surface area contributed by atoms with Crippen molar-refractivity contribution in [1.82, 2.24) is 5.32 Å². The summed E-state index contributed by atoms with van der Waals surface area (Å²) in [6, 6.07) is 11.7. The van der Waals surface area contributed by atoms with Gasteiger partial charge in [-0.1, -0.05) is 18.2 Å². The molecule has 0 aliphatic carbocycles. The molecule has 98 valence electrons. The maximum Gasteiger partial charge on any atom is 0.244 e. The Kier molecular flexibility index (Phi) is 4.81. The third kappa shape index (κ3) is 4.71. The molecule has 2 N–H and O–H groups in total. The van der Waals surface area contributed by atoms with E-state index in [4.69, 9.17) is 4.42 Å². The van der Waals surface area contributed by atoms with Gasteiger partial charge >= 0.3 is 0 Å². The molecule has 1 heterocycles. The van der Waals surface area contributed by atoms with Crippen LogP contribution in [0, 0.1) is 0 Å². The van der Waals surface area contributed by atoms with E-state index in [1.165, 1.54) is 6.08 Å². The second-order valence-corrected chi connectivity index (χ2v) is 3.97. The Morgan fingerprint density at radius 1 is 1.16 bits per heavy atom.